The van der Waals surface area contributed by atoms with E-state index in [1.54, 1.807) is 0 Å². The minimum atomic E-state index is -0.797. The van der Waals surface area contributed by atoms with E-state index in [4.69, 9.17) is 8.83 Å². The van der Waals surface area contributed by atoms with Crippen LogP contribution < -0.4 is 9.80 Å². The van der Waals surface area contributed by atoms with Crippen molar-refractivity contribution in [2.45, 2.75) is 5.41 Å². The first kappa shape index (κ1) is 54.9. The predicted octanol–water partition coefficient (Wildman–Crippen LogP) is 24.5. The van der Waals surface area contributed by atoms with Crippen LogP contribution in [-0.2, 0) is 5.41 Å². The molecule has 14 aromatic carbocycles. The van der Waals surface area contributed by atoms with E-state index in [0.29, 0.717) is 0 Å². The third-order valence-corrected chi connectivity index (χ3v) is 18.5. The molecule has 0 saturated heterocycles. The maximum Gasteiger partial charge on any atom is 0.143 e. The van der Waals surface area contributed by atoms with Gasteiger partial charge >= 0.3 is 0 Å². The zero-order chi connectivity index (χ0) is 61.7. The quantitative estimate of drug-likeness (QED) is 0.109. The molecule has 17 rings (SSSR count). The fourth-order valence-corrected chi connectivity index (χ4v) is 14.4. The summed E-state index contributed by atoms with van der Waals surface area (Å²) in [7, 11) is 0. The normalized spacial score (nSPS) is 12.2. The summed E-state index contributed by atoms with van der Waals surface area (Å²) >= 11 is 0. The van der Waals surface area contributed by atoms with E-state index in [0.717, 1.165) is 123 Å². The number of fused-ring (bicyclic) bond motifs is 5. The molecule has 1 aliphatic carbocycles. The van der Waals surface area contributed by atoms with Gasteiger partial charge < -0.3 is 18.6 Å². The topological polar surface area (TPSA) is 32.8 Å². The summed E-state index contributed by atoms with van der Waals surface area (Å²) in [5.41, 5.74) is 24.8. The van der Waals surface area contributed by atoms with Gasteiger partial charge in [0, 0.05) is 79.3 Å². The Morgan fingerprint density at radius 3 is 0.871 bits per heavy atom. The lowest BCUT2D eigenvalue weighted by Gasteiger charge is -2.35. The van der Waals surface area contributed by atoms with Gasteiger partial charge in [0.1, 0.15) is 22.7 Å². The summed E-state index contributed by atoms with van der Waals surface area (Å²) in [4.78, 5) is 4.82. The Morgan fingerprint density at radius 2 is 0.505 bits per heavy atom. The van der Waals surface area contributed by atoms with Crippen molar-refractivity contribution in [2.75, 3.05) is 9.80 Å². The van der Waals surface area contributed by atoms with Crippen LogP contribution in [0.5, 0.6) is 0 Å². The largest absolute Gasteiger partial charge is 0.455 e. The second kappa shape index (κ2) is 23.3. The van der Waals surface area contributed by atoms with Crippen LogP contribution in [0.25, 0.3) is 100 Å². The Balaban J connectivity index is 0.885. The predicted molar refractivity (Wildman–Crippen MR) is 385 cm³/mol. The molecule has 0 bridgehead atoms. The van der Waals surface area contributed by atoms with E-state index in [-0.39, 0.29) is 0 Å². The summed E-state index contributed by atoms with van der Waals surface area (Å²) in [5, 5.41) is 2.10. The molecule has 4 nitrogen and oxygen atoms in total. The van der Waals surface area contributed by atoms with Crippen LogP contribution in [-0.4, -0.2) is 0 Å². The average Bonchev–Trinajstić information content (AvgIpc) is 1.55. The van der Waals surface area contributed by atoms with Gasteiger partial charge in [-0.15, -0.1) is 0 Å². The molecule has 0 N–H and O–H groups in total. The number of rotatable bonds is 14. The number of hydrogen-bond acceptors (Lipinski definition) is 4. The molecule has 0 saturated carbocycles. The Bertz CT molecular complexity index is 5020. The number of benzene rings is 14. The van der Waals surface area contributed by atoms with Crippen LogP contribution in [0.3, 0.4) is 0 Å². The minimum Gasteiger partial charge on any atom is -0.455 e. The first-order chi connectivity index (χ1) is 46.1. The summed E-state index contributed by atoms with van der Waals surface area (Å²) in [6.07, 6.45) is 0. The van der Waals surface area contributed by atoms with Gasteiger partial charge in [0.2, 0.25) is 0 Å². The van der Waals surface area contributed by atoms with Crippen LogP contribution in [0.1, 0.15) is 22.3 Å². The van der Waals surface area contributed by atoms with Gasteiger partial charge in [-0.05, 0) is 140 Å². The highest BCUT2D eigenvalue weighted by atomic mass is 16.3. The third-order valence-electron chi connectivity index (χ3n) is 18.5. The molecule has 0 unspecified atom stereocenters. The van der Waals surface area contributed by atoms with Crippen molar-refractivity contribution in [2.24, 2.45) is 0 Å². The highest BCUT2D eigenvalue weighted by molar-refractivity contribution is 6.05. The Labute approximate surface area is 541 Å². The SMILES string of the molecule is c1ccc(-c2cccc(N(c3ccc4c(c3)C(c3ccccc3)(c3ccccc3)c3cc(N(c5cccc(-c6ccccc6)c5)c5ccc6c(-c7ccccc7)c(-c7ccccc7)oc6c5)ccc3-4)c3ccc4c(-c5ccccc5)c(-c5ccccc5)oc4c3)c2)cc1. The molecule has 2 aromatic heterocycles. The lowest BCUT2D eigenvalue weighted by atomic mass is 9.67. The molecule has 0 fully saturated rings. The monoisotopic (exact) mass is 1190 g/mol. The van der Waals surface area contributed by atoms with E-state index in [2.05, 4.69) is 374 Å². The van der Waals surface area contributed by atoms with Gasteiger partial charge in [0.25, 0.3) is 0 Å². The number of hydrogen-bond donors (Lipinski definition) is 0. The van der Waals surface area contributed by atoms with Crippen molar-refractivity contribution < 1.29 is 8.83 Å². The zero-order valence-corrected chi connectivity index (χ0v) is 50.9. The Kier molecular flexibility index (Phi) is 13.7. The molecule has 4 heteroatoms. The van der Waals surface area contributed by atoms with E-state index >= 15 is 0 Å². The van der Waals surface area contributed by atoms with Crippen molar-refractivity contribution in [1.82, 2.24) is 0 Å². The van der Waals surface area contributed by atoms with Gasteiger partial charge in [-0.1, -0.05) is 279 Å². The van der Waals surface area contributed by atoms with Crippen molar-refractivity contribution in [3.63, 3.8) is 0 Å². The lowest BCUT2D eigenvalue weighted by Crippen LogP contribution is -2.29. The van der Waals surface area contributed by atoms with Gasteiger partial charge in [-0.25, -0.2) is 0 Å². The van der Waals surface area contributed by atoms with Crippen molar-refractivity contribution in [3.8, 4) is 78.3 Å². The minimum absolute atomic E-state index is 0.797. The standard InChI is InChI=1S/C89H60N2O2/c1-9-27-61(28-10-1)67-39-25-45-71(55-67)90(75-49-53-79-83(59-75)92-87(65-35-17-5-18-36-65)85(79)63-31-13-3-14-32-63)73-47-51-77-78-52-48-74(58-82(78)89(81(77)57-73,69-41-21-7-22-42-69)70-43-23-8-24-44-70)91(72-46-26-40-68(56-72)62-29-11-2-12-30-62)76-50-54-80-84(60-76)93-88(66-37-19-6-20-38-66)86(80)64-33-15-4-16-34-64/h1-60H. The molecule has 0 aliphatic heterocycles. The van der Waals surface area contributed by atoms with Crippen molar-refractivity contribution >= 4 is 56.1 Å². The number of nitrogens with zero attached hydrogens (tertiary/aromatic N) is 2. The highest BCUT2D eigenvalue weighted by Gasteiger charge is 2.47. The average molecular weight is 1190 g/mol. The van der Waals surface area contributed by atoms with Crippen molar-refractivity contribution in [3.05, 3.63) is 386 Å². The first-order valence-corrected chi connectivity index (χ1v) is 31.8. The van der Waals surface area contributed by atoms with Crippen LogP contribution >= 0.6 is 0 Å². The van der Waals surface area contributed by atoms with E-state index in [1.165, 1.54) is 33.4 Å². The summed E-state index contributed by atoms with van der Waals surface area (Å²) in [5.74, 6) is 1.69. The van der Waals surface area contributed by atoms with Crippen molar-refractivity contribution in [1.29, 1.82) is 0 Å². The molecule has 0 amide bonds. The third kappa shape index (κ3) is 9.63. The second-order valence-corrected chi connectivity index (χ2v) is 23.9. The van der Waals surface area contributed by atoms with E-state index in [9.17, 15) is 0 Å². The Hall–Kier alpha value is -12.2. The summed E-state index contributed by atoms with van der Waals surface area (Å²) in [6.45, 7) is 0. The number of anilines is 6. The van der Waals surface area contributed by atoms with Crippen LogP contribution in [0.4, 0.5) is 34.1 Å². The summed E-state index contributed by atoms with van der Waals surface area (Å²) < 4.78 is 14.2. The lowest BCUT2D eigenvalue weighted by molar-refractivity contribution is 0.632. The van der Waals surface area contributed by atoms with Gasteiger partial charge in [0.05, 0.1) is 5.41 Å². The molecular weight excluding hydrogens is 1130 g/mol. The molecular formula is C89H60N2O2. The maximum atomic E-state index is 7.11. The number of furan rings is 2. The fraction of sp³-hybridized carbons (Fsp3) is 0.0112. The first-order valence-electron chi connectivity index (χ1n) is 31.8. The fourth-order valence-electron chi connectivity index (χ4n) is 14.4. The summed E-state index contributed by atoms with van der Waals surface area (Å²) in [6, 6.07) is 131. The van der Waals surface area contributed by atoms with Gasteiger partial charge in [-0.3, -0.25) is 0 Å². The highest BCUT2D eigenvalue weighted by Crippen LogP contribution is 2.59. The molecule has 0 radical (unpaired) electrons. The van der Waals surface area contributed by atoms with Crippen LogP contribution in [0, 0.1) is 0 Å². The zero-order valence-electron chi connectivity index (χ0n) is 50.9. The molecule has 0 atom stereocenters. The second-order valence-electron chi connectivity index (χ2n) is 23.9. The van der Waals surface area contributed by atoms with Crippen LogP contribution in [0.15, 0.2) is 373 Å². The van der Waals surface area contributed by atoms with E-state index in [1.807, 2.05) is 0 Å². The molecule has 1 aliphatic rings. The smallest absolute Gasteiger partial charge is 0.143 e. The van der Waals surface area contributed by atoms with Gasteiger partial charge in [0.15, 0.2) is 0 Å². The maximum absolute atomic E-state index is 7.11. The molecule has 438 valence electrons. The van der Waals surface area contributed by atoms with Gasteiger partial charge in [-0.2, -0.15) is 0 Å². The van der Waals surface area contributed by atoms with E-state index < -0.39 is 5.41 Å². The Morgan fingerprint density at radius 1 is 0.215 bits per heavy atom. The molecule has 2 heterocycles. The molecule has 0 spiro atoms. The van der Waals surface area contributed by atoms with Crippen LogP contribution in [0.2, 0.25) is 0 Å². The molecule has 16 aromatic rings. The molecule has 93 heavy (non-hydrogen) atoms.